The number of hydrogen-bond acceptors (Lipinski definition) is 5. The van der Waals surface area contributed by atoms with Crippen molar-refractivity contribution < 1.29 is 32.2 Å². The summed E-state index contributed by atoms with van der Waals surface area (Å²) < 4.78 is 57.8. The number of carbonyl (C=O) groups excluding carboxylic acids is 1. The lowest BCUT2D eigenvalue weighted by Gasteiger charge is -2.20. The molecular formula is C21H15F3O4S. The Morgan fingerprint density at radius 1 is 1.03 bits per heavy atom. The van der Waals surface area contributed by atoms with Crippen LogP contribution >= 0.6 is 11.3 Å². The zero-order chi connectivity index (χ0) is 20.6. The summed E-state index contributed by atoms with van der Waals surface area (Å²) in [5.74, 6) is 0.0759. The van der Waals surface area contributed by atoms with Gasteiger partial charge < -0.3 is 14.2 Å². The van der Waals surface area contributed by atoms with E-state index < -0.39 is 17.7 Å². The van der Waals surface area contributed by atoms with Crippen molar-refractivity contribution in [1.82, 2.24) is 0 Å². The smallest absolute Gasteiger partial charge is 0.417 e. The topological polar surface area (TPSA) is 44.8 Å². The molecule has 4 rings (SSSR count). The van der Waals surface area contributed by atoms with E-state index in [1.165, 1.54) is 19.2 Å². The van der Waals surface area contributed by atoms with Gasteiger partial charge in [0, 0.05) is 10.9 Å². The number of carbonyl (C=O) groups is 1. The van der Waals surface area contributed by atoms with Crippen LogP contribution in [0.5, 0.6) is 11.5 Å². The Kier molecular flexibility index (Phi) is 4.96. The molecule has 3 aromatic rings. The van der Waals surface area contributed by atoms with E-state index in [0.717, 1.165) is 17.4 Å². The van der Waals surface area contributed by atoms with Gasteiger partial charge in [-0.05, 0) is 23.3 Å². The minimum absolute atomic E-state index is 0.0481. The molecule has 0 unspecified atom stereocenters. The Bertz CT molecular complexity index is 1070. The first-order valence-corrected chi connectivity index (χ1v) is 9.55. The maximum Gasteiger partial charge on any atom is 0.417 e. The van der Waals surface area contributed by atoms with Crippen LogP contribution in [-0.4, -0.2) is 26.3 Å². The number of thiophene rings is 1. The summed E-state index contributed by atoms with van der Waals surface area (Å²) in [4.78, 5) is 12.5. The second-order valence-corrected chi connectivity index (χ2v) is 7.10. The monoisotopic (exact) mass is 420 g/mol. The van der Waals surface area contributed by atoms with E-state index >= 15 is 0 Å². The highest BCUT2D eigenvalue weighted by atomic mass is 32.1. The highest BCUT2D eigenvalue weighted by Gasteiger charge is 2.37. The molecule has 0 bridgehead atoms. The molecule has 0 radical (unpaired) electrons. The molecule has 29 heavy (non-hydrogen) atoms. The van der Waals surface area contributed by atoms with Crippen molar-refractivity contribution in [2.45, 2.75) is 6.18 Å². The molecule has 0 saturated carbocycles. The van der Waals surface area contributed by atoms with Gasteiger partial charge in [-0.15, -0.1) is 11.3 Å². The van der Waals surface area contributed by atoms with Gasteiger partial charge in [0.1, 0.15) is 13.2 Å². The fraction of sp³-hybridized carbons (Fsp3) is 0.190. The fourth-order valence-electron chi connectivity index (χ4n) is 3.30. The third-order valence-electron chi connectivity index (χ3n) is 4.52. The summed E-state index contributed by atoms with van der Waals surface area (Å²) in [6, 6.07) is 10.3. The van der Waals surface area contributed by atoms with Gasteiger partial charge >= 0.3 is 12.1 Å². The van der Waals surface area contributed by atoms with Gasteiger partial charge in [0.25, 0.3) is 0 Å². The minimum atomic E-state index is -4.60. The zero-order valence-corrected chi connectivity index (χ0v) is 16.0. The summed E-state index contributed by atoms with van der Waals surface area (Å²) in [6.45, 7) is 0.584. The molecule has 0 amide bonds. The normalized spacial score (nSPS) is 13.2. The molecule has 150 valence electrons. The van der Waals surface area contributed by atoms with Gasteiger partial charge in [0.2, 0.25) is 0 Å². The van der Waals surface area contributed by atoms with E-state index in [0.29, 0.717) is 22.8 Å². The lowest BCUT2D eigenvalue weighted by atomic mass is 9.91. The number of halogens is 3. The van der Waals surface area contributed by atoms with Crippen LogP contribution in [0.3, 0.4) is 0 Å². The zero-order valence-electron chi connectivity index (χ0n) is 15.2. The summed E-state index contributed by atoms with van der Waals surface area (Å²) in [5, 5.41) is 1.63. The molecule has 4 nitrogen and oxygen atoms in total. The largest absolute Gasteiger partial charge is 0.485 e. The number of ether oxygens (including phenoxy) is 3. The Morgan fingerprint density at radius 2 is 1.76 bits per heavy atom. The average molecular weight is 420 g/mol. The first-order valence-electron chi connectivity index (χ1n) is 8.67. The van der Waals surface area contributed by atoms with Gasteiger partial charge in [-0.3, -0.25) is 0 Å². The molecule has 0 fully saturated rings. The molecule has 0 N–H and O–H groups in total. The predicted octanol–water partition coefficient (Wildman–Crippen LogP) is 5.66. The van der Waals surface area contributed by atoms with Gasteiger partial charge in [-0.1, -0.05) is 30.3 Å². The van der Waals surface area contributed by atoms with Gasteiger partial charge in [-0.2, -0.15) is 13.2 Å². The lowest BCUT2D eigenvalue weighted by Crippen LogP contribution is -2.15. The molecule has 0 atom stereocenters. The Hall–Kier alpha value is -3.00. The number of hydrogen-bond donors (Lipinski definition) is 0. The number of rotatable bonds is 3. The molecule has 2 heterocycles. The lowest BCUT2D eigenvalue weighted by molar-refractivity contribution is -0.137. The highest BCUT2D eigenvalue weighted by molar-refractivity contribution is 7.14. The summed E-state index contributed by atoms with van der Waals surface area (Å²) in [7, 11) is 1.23. The SMILES string of the molecule is COC(=O)c1ccccc1-c1cccc(C(F)(F)F)c1-c1scc2c1OCCO2. The van der Waals surface area contributed by atoms with E-state index in [1.54, 1.807) is 29.6 Å². The third kappa shape index (κ3) is 3.44. The van der Waals surface area contributed by atoms with E-state index in [1.807, 2.05) is 0 Å². The average Bonchev–Trinajstić information content (AvgIpc) is 3.16. The number of fused-ring (bicyclic) bond motifs is 1. The van der Waals surface area contributed by atoms with Crippen molar-refractivity contribution in [3.8, 4) is 33.1 Å². The molecule has 8 heteroatoms. The van der Waals surface area contributed by atoms with Crippen molar-refractivity contribution in [3.05, 3.63) is 59.0 Å². The molecule has 1 aliphatic heterocycles. The Balaban J connectivity index is 2.03. The molecule has 1 aromatic heterocycles. The van der Waals surface area contributed by atoms with Crippen LogP contribution < -0.4 is 9.47 Å². The quantitative estimate of drug-likeness (QED) is 0.513. The molecule has 2 aromatic carbocycles. The van der Waals surface area contributed by atoms with Crippen molar-refractivity contribution in [2.24, 2.45) is 0 Å². The van der Waals surface area contributed by atoms with E-state index in [9.17, 15) is 18.0 Å². The minimum Gasteiger partial charge on any atom is -0.485 e. The van der Waals surface area contributed by atoms with Crippen LogP contribution in [0, 0.1) is 0 Å². The molecule has 1 aliphatic rings. The number of methoxy groups -OCH3 is 1. The van der Waals surface area contributed by atoms with Gasteiger partial charge in [0.05, 0.1) is 23.1 Å². The first kappa shape index (κ1) is 19.3. The van der Waals surface area contributed by atoms with Crippen LogP contribution in [0.1, 0.15) is 15.9 Å². The molecule has 0 spiro atoms. The van der Waals surface area contributed by atoms with Crippen LogP contribution in [0.25, 0.3) is 21.6 Å². The van der Waals surface area contributed by atoms with Crippen molar-refractivity contribution in [3.63, 3.8) is 0 Å². The maximum absolute atomic E-state index is 13.9. The third-order valence-corrected chi connectivity index (χ3v) is 5.48. The maximum atomic E-state index is 13.9. The van der Waals surface area contributed by atoms with Crippen LogP contribution in [-0.2, 0) is 10.9 Å². The number of benzene rings is 2. The van der Waals surface area contributed by atoms with Crippen LogP contribution in [0.4, 0.5) is 13.2 Å². The van der Waals surface area contributed by atoms with Crippen LogP contribution in [0.15, 0.2) is 47.8 Å². The molecular weight excluding hydrogens is 405 g/mol. The first-order chi connectivity index (χ1) is 13.9. The fourth-order valence-corrected chi connectivity index (χ4v) is 4.30. The van der Waals surface area contributed by atoms with Crippen molar-refractivity contribution in [2.75, 3.05) is 20.3 Å². The summed E-state index contributed by atoms with van der Waals surface area (Å²) in [6.07, 6.45) is -4.60. The van der Waals surface area contributed by atoms with Crippen LogP contribution in [0.2, 0.25) is 0 Å². The Morgan fingerprint density at radius 3 is 2.52 bits per heavy atom. The second kappa shape index (κ2) is 7.44. The summed E-state index contributed by atoms with van der Waals surface area (Å²) in [5.41, 5.74) is -0.0706. The van der Waals surface area contributed by atoms with E-state index in [4.69, 9.17) is 14.2 Å². The van der Waals surface area contributed by atoms with Crippen molar-refractivity contribution >= 4 is 17.3 Å². The Labute approximate surface area is 168 Å². The molecule has 0 aliphatic carbocycles. The molecule has 0 saturated heterocycles. The predicted molar refractivity (Wildman–Crippen MR) is 103 cm³/mol. The standard InChI is InChI=1S/C21H15F3O4S/c1-26-20(25)14-6-3-2-5-12(14)13-7-4-8-15(21(22,23)24)17(13)19-18-16(11-29-19)27-9-10-28-18/h2-8,11H,9-10H2,1H3. The number of alkyl halides is 3. The van der Waals surface area contributed by atoms with Crippen molar-refractivity contribution in [1.29, 1.82) is 0 Å². The highest BCUT2D eigenvalue weighted by Crippen LogP contribution is 2.52. The summed E-state index contributed by atoms with van der Waals surface area (Å²) >= 11 is 1.11. The van der Waals surface area contributed by atoms with Gasteiger partial charge in [-0.25, -0.2) is 4.79 Å². The second-order valence-electron chi connectivity index (χ2n) is 6.22. The van der Waals surface area contributed by atoms with Gasteiger partial charge in [0.15, 0.2) is 11.5 Å². The van der Waals surface area contributed by atoms with E-state index in [-0.39, 0.29) is 29.0 Å². The van der Waals surface area contributed by atoms with E-state index in [2.05, 4.69) is 0 Å². The number of esters is 1.